The standard InChI is InChI=1S/C40H35N7O4S/c1-26-42-43-36-25-51-24-33-31(20-27-10-5-3-6-11-27)35(52-40(33)47(26)36)17-15-28-21-41-45(22-28)19-8-4-7-12-29-13-9-14-30-32(29)23-46(38(30)49)34-16-18-37(48)44(2)39(34)50/h3,5-6,9-11,13-14,21-22,34H,4,8,16,18-20,23-25H2,1-2H3. The molecule has 12 heteroatoms. The van der Waals surface area contributed by atoms with Crippen LogP contribution in [0.3, 0.4) is 0 Å². The van der Waals surface area contributed by atoms with Crippen LogP contribution in [0.4, 0.5) is 0 Å². The number of likely N-dealkylation sites (tertiary alicyclic amines) is 1. The van der Waals surface area contributed by atoms with E-state index in [2.05, 4.69) is 67.8 Å². The zero-order valence-electron chi connectivity index (χ0n) is 28.9. The Kier molecular flexibility index (Phi) is 9.02. The molecular weight excluding hydrogens is 675 g/mol. The number of ether oxygens (including phenoxy) is 1. The Morgan fingerprint density at radius 3 is 2.71 bits per heavy atom. The average Bonchev–Trinajstić information content (AvgIpc) is 3.90. The molecule has 0 N–H and O–H groups in total. The summed E-state index contributed by atoms with van der Waals surface area (Å²) in [5, 5.41) is 14.2. The van der Waals surface area contributed by atoms with Gasteiger partial charge in [0, 0.05) is 55.9 Å². The van der Waals surface area contributed by atoms with Gasteiger partial charge in [-0.1, -0.05) is 60.1 Å². The monoisotopic (exact) mass is 709 g/mol. The van der Waals surface area contributed by atoms with E-state index in [9.17, 15) is 14.4 Å². The number of nitrogens with zero attached hydrogens (tertiary/aromatic N) is 7. The molecule has 260 valence electrons. The van der Waals surface area contributed by atoms with E-state index >= 15 is 0 Å². The van der Waals surface area contributed by atoms with Crippen molar-refractivity contribution >= 4 is 29.1 Å². The summed E-state index contributed by atoms with van der Waals surface area (Å²) >= 11 is 1.65. The third-order valence-corrected chi connectivity index (χ3v) is 10.9. The first-order valence-corrected chi connectivity index (χ1v) is 18.1. The molecule has 11 nitrogen and oxygen atoms in total. The van der Waals surface area contributed by atoms with E-state index in [4.69, 9.17) is 4.74 Å². The quantitative estimate of drug-likeness (QED) is 0.142. The first-order chi connectivity index (χ1) is 25.4. The van der Waals surface area contributed by atoms with Crippen molar-refractivity contribution in [2.24, 2.45) is 0 Å². The Hall–Kier alpha value is -5.82. The maximum atomic E-state index is 13.2. The van der Waals surface area contributed by atoms with Crippen LogP contribution in [-0.4, -0.2) is 65.2 Å². The molecule has 3 aromatic heterocycles. The highest BCUT2D eigenvalue weighted by Crippen LogP contribution is 2.37. The number of hydrogen-bond donors (Lipinski definition) is 0. The fourth-order valence-corrected chi connectivity index (χ4v) is 8.24. The van der Waals surface area contributed by atoms with Gasteiger partial charge in [-0.2, -0.15) is 5.10 Å². The summed E-state index contributed by atoms with van der Waals surface area (Å²) < 4.78 is 10.0. The van der Waals surface area contributed by atoms with Crippen molar-refractivity contribution in [2.45, 2.75) is 71.4 Å². The van der Waals surface area contributed by atoms with Gasteiger partial charge >= 0.3 is 0 Å². The SMILES string of the molecule is Cc1nnc2n1-c1sc(C#Cc3cnn(CCCC#Cc4cccc5c4CN(C4CCC(=O)N(C)C4=O)C5=O)c3)c(Cc3ccccc3)c1COC2. The van der Waals surface area contributed by atoms with Crippen molar-refractivity contribution in [3.8, 4) is 28.7 Å². The maximum absolute atomic E-state index is 13.2. The Labute approximate surface area is 305 Å². The van der Waals surface area contributed by atoms with E-state index in [1.54, 1.807) is 28.5 Å². The molecule has 1 saturated heterocycles. The van der Waals surface area contributed by atoms with E-state index in [1.165, 1.54) is 18.2 Å². The number of carbonyl (C=O) groups is 3. The van der Waals surface area contributed by atoms with Gasteiger partial charge in [0.05, 0.1) is 23.2 Å². The van der Waals surface area contributed by atoms with Crippen LogP contribution < -0.4 is 0 Å². The van der Waals surface area contributed by atoms with Crippen LogP contribution in [-0.2, 0) is 47.1 Å². The molecule has 0 spiro atoms. The molecule has 3 amide bonds. The van der Waals surface area contributed by atoms with Gasteiger partial charge < -0.3 is 9.64 Å². The number of piperidine rings is 1. The smallest absolute Gasteiger partial charge is 0.255 e. The van der Waals surface area contributed by atoms with E-state index < -0.39 is 6.04 Å². The van der Waals surface area contributed by atoms with Crippen molar-refractivity contribution in [1.29, 1.82) is 0 Å². The summed E-state index contributed by atoms with van der Waals surface area (Å²) in [6, 6.07) is 15.3. The number of rotatable bonds is 6. The van der Waals surface area contributed by atoms with Gasteiger partial charge in [0.2, 0.25) is 5.91 Å². The predicted molar refractivity (Wildman–Crippen MR) is 193 cm³/mol. The zero-order valence-corrected chi connectivity index (χ0v) is 29.7. The summed E-state index contributed by atoms with van der Waals surface area (Å²) in [5.41, 5.74) is 6.53. The minimum Gasteiger partial charge on any atom is -0.369 e. The number of likely N-dealkylation sites (N-methyl/N-ethyl adjacent to an activating group) is 1. The number of thiophene rings is 1. The fraction of sp³-hybridized carbons (Fsp3) is 0.300. The highest BCUT2D eigenvalue weighted by Gasteiger charge is 2.42. The second-order valence-corrected chi connectivity index (χ2v) is 14.1. The molecule has 3 aliphatic heterocycles. The lowest BCUT2D eigenvalue weighted by Gasteiger charge is -2.33. The molecule has 0 aliphatic carbocycles. The maximum Gasteiger partial charge on any atom is 0.255 e. The van der Waals surface area contributed by atoms with Gasteiger partial charge in [-0.15, -0.1) is 21.5 Å². The molecule has 2 aromatic carbocycles. The average molecular weight is 710 g/mol. The van der Waals surface area contributed by atoms with Crippen LogP contribution in [0.15, 0.2) is 60.9 Å². The molecule has 1 fully saturated rings. The van der Waals surface area contributed by atoms with Crippen LogP contribution >= 0.6 is 11.3 Å². The van der Waals surface area contributed by atoms with E-state index in [0.29, 0.717) is 44.7 Å². The number of aryl methyl sites for hydroxylation is 2. The molecule has 0 bridgehead atoms. The zero-order chi connectivity index (χ0) is 35.8. The summed E-state index contributed by atoms with van der Waals surface area (Å²) in [4.78, 5) is 41.7. The number of amides is 3. The van der Waals surface area contributed by atoms with Crippen molar-refractivity contribution in [1.82, 2.24) is 34.3 Å². The molecule has 5 aromatic rings. The largest absolute Gasteiger partial charge is 0.369 e. The van der Waals surface area contributed by atoms with E-state index in [1.807, 2.05) is 36.0 Å². The number of imide groups is 1. The normalized spacial score (nSPS) is 16.4. The van der Waals surface area contributed by atoms with E-state index in [0.717, 1.165) is 61.5 Å². The number of benzene rings is 2. The number of aromatic nitrogens is 5. The molecule has 0 saturated carbocycles. The van der Waals surface area contributed by atoms with Crippen LogP contribution in [0, 0.1) is 30.6 Å². The van der Waals surface area contributed by atoms with Crippen molar-refractivity contribution in [2.75, 3.05) is 7.05 Å². The van der Waals surface area contributed by atoms with Gasteiger partial charge in [0.15, 0.2) is 5.82 Å². The molecule has 1 atom stereocenters. The minimum absolute atomic E-state index is 0.187. The van der Waals surface area contributed by atoms with Gasteiger partial charge in [0.25, 0.3) is 11.8 Å². The van der Waals surface area contributed by atoms with Crippen LogP contribution in [0.5, 0.6) is 0 Å². The Balaban J connectivity index is 0.938. The Morgan fingerprint density at radius 2 is 1.85 bits per heavy atom. The van der Waals surface area contributed by atoms with Crippen molar-refractivity contribution in [3.63, 3.8) is 0 Å². The molecule has 1 unspecified atom stereocenters. The van der Waals surface area contributed by atoms with Crippen LogP contribution in [0.2, 0.25) is 0 Å². The third-order valence-electron chi connectivity index (χ3n) is 9.75. The van der Waals surface area contributed by atoms with Gasteiger partial charge in [-0.3, -0.25) is 28.5 Å². The number of hydrogen-bond acceptors (Lipinski definition) is 8. The third kappa shape index (κ3) is 6.32. The summed E-state index contributed by atoms with van der Waals surface area (Å²) in [6.07, 6.45) is 6.52. The summed E-state index contributed by atoms with van der Waals surface area (Å²) in [5.74, 6) is 14.2. The molecule has 0 radical (unpaired) electrons. The molecule has 6 heterocycles. The molecular formula is C40H35N7O4S. The molecule has 52 heavy (non-hydrogen) atoms. The topological polar surface area (TPSA) is 115 Å². The molecule has 3 aliphatic rings. The van der Waals surface area contributed by atoms with Gasteiger partial charge in [-0.05, 0) is 55.0 Å². The number of fused-ring (bicyclic) bond motifs is 4. The van der Waals surface area contributed by atoms with E-state index in [-0.39, 0.29) is 24.1 Å². The van der Waals surface area contributed by atoms with Gasteiger partial charge in [0.1, 0.15) is 23.5 Å². The Bertz CT molecular complexity index is 2350. The number of unbranched alkanes of at least 4 members (excludes halogenated alkanes) is 1. The first kappa shape index (κ1) is 33.3. The van der Waals surface area contributed by atoms with Crippen LogP contribution in [0.25, 0.3) is 5.00 Å². The highest BCUT2D eigenvalue weighted by atomic mass is 32.1. The first-order valence-electron chi connectivity index (χ1n) is 17.3. The summed E-state index contributed by atoms with van der Waals surface area (Å²) in [6.45, 7) is 3.87. The number of carbonyl (C=O) groups excluding carboxylic acids is 3. The van der Waals surface area contributed by atoms with Gasteiger partial charge in [-0.25, -0.2) is 0 Å². The highest BCUT2D eigenvalue weighted by molar-refractivity contribution is 7.15. The second-order valence-electron chi connectivity index (χ2n) is 13.1. The summed E-state index contributed by atoms with van der Waals surface area (Å²) in [7, 11) is 1.48. The Morgan fingerprint density at radius 1 is 0.981 bits per heavy atom. The van der Waals surface area contributed by atoms with Crippen LogP contribution in [0.1, 0.15) is 85.9 Å². The molecule has 8 rings (SSSR count). The lowest BCUT2D eigenvalue weighted by molar-refractivity contribution is -0.150. The minimum atomic E-state index is -0.634. The van der Waals surface area contributed by atoms with Crippen molar-refractivity contribution in [3.05, 3.63) is 116 Å². The fourth-order valence-electron chi connectivity index (χ4n) is 6.99. The predicted octanol–water partition coefficient (Wildman–Crippen LogP) is 4.79. The lowest BCUT2D eigenvalue weighted by Crippen LogP contribution is -2.53. The second kappa shape index (κ2) is 14.1. The van der Waals surface area contributed by atoms with Crippen molar-refractivity contribution < 1.29 is 19.1 Å². The lowest BCUT2D eigenvalue weighted by atomic mass is 10.0.